The molecule has 0 unspecified atom stereocenters. The number of nitrogens with two attached hydrogens (primary N) is 1. The van der Waals surface area contributed by atoms with Crippen molar-refractivity contribution >= 4 is 17.3 Å². The van der Waals surface area contributed by atoms with Crippen LogP contribution in [0.4, 0.5) is 15.8 Å². The molecule has 2 rings (SSSR count). The fourth-order valence-corrected chi connectivity index (χ4v) is 1.81. The van der Waals surface area contributed by atoms with E-state index in [1.54, 1.807) is 25.1 Å². The Labute approximate surface area is 116 Å². The molecule has 1 amide bonds. The van der Waals surface area contributed by atoms with Gasteiger partial charge in [-0.25, -0.2) is 4.39 Å². The van der Waals surface area contributed by atoms with Gasteiger partial charge in [0, 0.05) is 28.6 Å². The molecule has 2 aromatic carbocycles. The number of hydrogen-bond donors (Lipinski definition) is 2. The van der Waals surface area contributed by atoms with Crippen molar-refractivity contribution in [2.45, 2.75) is 6.92 Å². The molecule has 0 spiro atoms. The predicted octanol–water partition coefficient (Wildman–Crippen LogP) is 2.98. The number of carbonyl (C=O) groups excluding carboxylic acids is 1. The zero-order valence-corrected chi connectivity index (χ0v) is 11.2. The van der Waals surface area contributed by atoms with Crippen LogP contribution in [0.25, 0.3) is 0 Å². The van der Waals surface area contributed by atoms with E-state index >= 15 is 0 Å². The average Bonchev–Trinajstić information content (AvgIpc) is 2.43. The molecular weight excluding hydrogens is 259 g/mol. The van der Waals surface area contributed by atoms with Crippen LogP contribution in [-0.2, 0) is 0 Å². The van der Waals surface area contributed by atoms with Gasteiger partial charge in [-0.15, -0.1) is 0 Å². The number of ether oxygens (including phenoxy) is 1. The summed E-state index contributed by atoms with van der Waals surface area (Å²) in [6, 6.07) is 9.24. The van der Waals surface area contributed by atoms with Crippen LogP contribution in [0.1, 0.15) is 15.9 Å². The van der Waals surface area contributed by atoms with Crippen LogP contribution in [0, 0.1) is 12.7 Å². The maximum Gasteiger partial charge on any atom is 0.255 e. The van der Waals surface area contributed by atoms with Crippen molar-refractivity contribution in [1.82, 2.24) is 0 Å². The number of hydrogen-bond acceptors (Lipinski definition) is 3. The molecular formula is C15H15FN2O2. The highest BCUT2D eigenvalue weighted by atomic mass is 19.1. The summed E-state index contributed by atoms with van der Waals surface area (Å²) in [7, 11) is 1.49. The molecule has 0 radical (unpaired) electrons. The first kappa shape index (κ1) is 13.9. The number of amides is 1. The van der Waals surface area contributed by atoms with Gasteiger partial charge in [-0.2, -0.15) is 0 Å². The van der Waals surface area contributed by atoms with E-state index in [4.69, 9.17) is 10.5 Å². The van der Waals surface area contributed by atoms with E-state index in [0.29, 0.717) is 28.3 Å². The predicted molar refractivity (Wildman–Crippen MR) is 76.5 cm³/mol. The molecule has 0 fully saturated rings. The van der Waals surface area contributed by atoms with Crippen molar-refractivity contribution < 1.29 is 13.9 Å². The second kappa shape index (κ2) is 5.61. The van der Waals surface area contributed by atoms with Gasteiger partial charge in [-0.05, 0) is 31.2 Å². The average molecular weight is 274 g/mol. The Morgan fingerprint density at radius 1 is 1.30 bits per heavy atom. The first-order valence-electron chi connectivity index (χ1n) is 6.02. The molecule has 0 saturated carbocycles. The number of anilines is 2. The van der Waals surface area contributed by atoms with E-state index in [1.807, 2.05) is 0 Å². The third kappa shape index (κ3) is 2.88. The number of benzene rings is 2. The minimum Gasteiger partial charge on any atom is -0.497 e. The Hall–Kier alpha value is -2.56. The lowest BCUT2D eigenvalue weighted by atomic mass is 10.1. The largest absolute Gasteiger partial charge is 0.497 e. The first-order valence-corrected chi connectivity index (χ1v) is 6.02. The third-order valence-electron chi connectivity index (χ3n) is 2.94. The highest BCUT2D eigenvalue weighted by Crippen LogP contribution is 2.21. The van der Waals surface area contributed by atoms with Crippen LogP contribution >= 0.6 is 0 Å². The van der Waals surface area contributed by atoms with Gasteiger partial charge in [-0.1, -0.05) is 6.07 Å². The SMILES string of the molecule is COc1cc(N)cc(C(=O)Nc2cccc(F)c2C)c1. The molecule has 20 heavy (non-hydrogen) atoms. The number of methoxy groups -OCH3 is 1. The van der Waals surface area contributed by atoms with E-state index in [-0.39, 0.29) is 11.7 Å². The number of rotatable bonds is 3. The Morgan fingerprint density at radius 3 is 2.75 bits per heavy atom. The molecule has 0 aliphatic carbocycles. The normalized spacial score (nSPS) is 10.2. The molecule has 0 heterocycles. The van der Waals surface area contributed by atoms with Gasteiger partial charge in [0.25, 0.3) is 5.91 Å². The quantitative estimate of drug-likeness (QED) is 0.846. The molecule has 2 aromatic rings. The summed E-state index contributed by atoms with van der Waals surface area (Å²) in [6.45, 7) is 1.60. The van der Waals surface area contributed by atoms with Crippen molar-refractivity contribution in [1.29, 1.82) is 0 Å². The van der Waals surface area contributed by atoms with Gasteiger partial charge in [0.05, 0.1) is 7.11 Å². The lowest BCUT2D eigenvalue weighted by molar-refractivity contribution is 0.102. The second-order valence-electron chi connectivity index (χ2n) is 4.36. The van der Waals surface area contributed by atoms with Crippen LogP contribution < -0.4 is 15.8 Å². The van der Waals surface area contributed by atoms with Crippen LogP contribution in [0.15, 0.2) is 36.4 Å². The second-order valence-corrected chi connectivity index (χ2v) is 4.36. The zero-order valence-electron chi connectivity index (χ0n) is 11.2. The fourth-order valence-electron chi connectivity index (χ4n) is 1.81. The topological polar surface area (TPSA) is 64.3 Å². The molecule has 3 N–H and O–H groups in total. The van der Waals surface area contributed by atoms with Crippen LogP contribution in [0.3, 0.4) is 0 Å². The van der Waals surface area contributed by atoms with Crippen LogP contribution in [0.5, 0.6) is 5.75 Å². The molecule has 0 aliphatic heterocycles. The van der Waals surface area contributed by atoms with Crippen molar-refractivity contribution in [3.63, 3.8) is 0 Å². The Balaban J connectivity index is 2.28. The van der Waals surface area contributed by atoms with Gasteiger partial charge < -0.3 is 15.8 Å². The van der Waals surface area contributed by atoms with Gasteiger partial charge in [0.1, 0.15) is 11.6 Å². The molecule has 0 atom stereocenters. The third-order valence-corrected chi connectivity index (χ3v) is 2.94. The van der Waals surface area contributed by atoms with Crippen molar-refractivity contribution in [3.05, 3.63) is 53.3 Å². The summed E-state index contributed by atoms with van der Waals surface area (Å²) in [6.07, 6.45) is 0. The summed E-state index contributed by atoms with van der Waals surface area (Å²) >= 11 is 0. The smallest absolute Gasteiger partial charge is 0.255 e. The maximum atomic E-state index is 13.4. The minimum atomic E-state index is -0.371. The highest BCUT2D eigenvalue weighted by molar-refractivity contribution is 6.05. The van der Waals surface area contributed by atoms with Gasteiger partial charge in [0.2, 0.25) is 0 Å². The first-order chi connectivity index (χ1) is 9.51. The fraction of sp³-hybridized carbons (Fsp3) is 0.133. The zero-order chi connectivity index (χ0) is 14.7. The molecule has 0 aromatic heterocycles. The molecule has 0 bridgehead atoms. The van der Waals surface area contributed by atoms with Crippen LogP contribution in [-0.4, -0.2) is 13.0 Å². The molecule has 0 saturated heterocycles. The molecule has 104 valence electrons. The van der Waals surface area contributed by atoms with Crippen molar-refractivity contribution in [2.75, 3.05) is 18.2 Å². The monoisotopic (exact) mass is 274 g/mol. The number of halogens is 1. The highest BCUT2D eigenvalue weighted by Gasteiger charge is 2.11. The Kier molecular flexibility index (Phi) is 3.89. The van der Waals surface area contributed by atoms with E-state index in [9.17, 15) is 9.18 Å². The Morgan fingerprint density at radius 2 is 2.05 bits per heavy atom. The maximum absolute atomic E-state index is 13.4. The molecule has 0 aliphatic rings. The van der Waals surface area contributed by atoms with Gasteiger partial charge >= 0.3 is 0 Å². The standard InChI is InChI=1S/C15H15FN2O2/c1-9-13(16)4-3-5-14(9)18-15(19)10-6-11(17)8-12(7-10)20-2/h3-8H,17H2,1-2H3,(H,18,19). The summed E-state index contributed by atoms with van der Waals surface area (Å²) in [5.41, 5.74) is 7.29. The van der Waals surface area contributed by atoms with Gasteiger partial charge in [0.15, 0.2) is 0 Å². The van der Waals surface area contributed by atoms with Gasteiger partial charge in [-0.3, -0.25) is 4.79 Å². The Bertz CT molecular complexity index is 656. The van der Waals surface area contributed by atoms with Crippen molar-refractivity contribution in [3.8, 4) is 5.75 Å². The number of nitrogens with one attached hydrogen (secondary N) is 1. The molecule has 4 nitrogen and oxygen atoms in total. The van der Waals surface area contributed by atoms with Crippen LogP contribution in [0.2, 0.25) is 0 Å². The number of nitrogen functional groups attached to an aromatic ring is 1. The summed E-state index contributed by atoms with van der Waals surface area (Å²) < 4.78 is 18.5. The lowest BCUT2D eigenvalue weighted by Gasteiger charge is -2.10. The summed E-state index contributed by atoms with van der Waals surface area (Å²) in [5.74, 6) is -0.247. The molecule has 5 heteroatoms. The van der Waals surface area contributed by atoms with E-state index in [2.05, 4.69) is 5.32 Å². The minimum absolute atomic E-state index is 0.352. The van der Waals surface area contributed by atoms with E-state index in [0.717, 1.165) is 0 Å². The summed E-state index contributed by atoms with van der Waals surface area (Å²) in [4.78, 5) is 12.2. The van der Waals surface area contributed by atoms with E-state index in [1.165, 1.54) is 25.3 Å². The lowest BCUT2D eigenvalue weighted by Crippen LogP contribution is -2.13. The van der Waals surface area contributed by atoms with E-state index < -0.39 is 0 Å². The summed E-state index contributed by atoms with van der Waals surface area (Å²) in [5, 5.41) is 2.66. The number of carbonyl (C=O) groups is 1. The van der Waals surface area contributed by atoms with Crippen molar-refractivity contribution in [2.24, 2.45) is 0 Å².